The molecule has 0 amide bonds. The van der Waals surface area contributed by atoms with Crippen LogP contribution in [0.4, 0.5) is 0 Å². The zero-order valence-corrected chi connectivity index (χ0v) is 16.4. The summed E-state index contributed by atoms with van der Waals surface area (Å²) < 4.78 is 22.4. The summed E-state index contributed by atoms with van der Waals surface area (Å²) >= 11 is 0. The highest BCUT2D eigenvalue weighted by Crippen LogP contribution is 2.43. The minimum Gasteiger partial charge on any atom is -0.497 e. The Labute approximate surface area is 168 Å². The molecule has 0 radical (unpaired) electrons. The van der Waals surface area contributed by atoms with Crippen molar-refractivity contribution in [3.8, 4) is 39.7 Å². The quantitative estimate of drug-likeness (QED) is 0.402. The van der Waals surface area contributed by atoms with Gasteiger partial charge in [-0.2, -0.15) is 0 Å². The van der Waals surface area contributed by atoms with Crippen LogP contribution >= 0.6 is 0 Å². The van der Waals surface area contributed by atoms with Crippen molar-refractivity contribution in [1.82, 2.24) is 0 Å². The molecule has 0 aliphatic carbocycles. The molecule has 5 heteroatoms. The second-order valence-electron chi connectivity index (χ2n) is 6.51. The summed E-state index contributed by atoms with van der Waals surface area (Å²) in [6, 6.07) is 18.7. The van der Waals surface area contributed by atoms with Gasteiger partial charge in [0.1, 0.15) is 34.9 Å². The van der Waals surface area contributed by atoms with Gasteiger partial charge in [-0.1, -0.05) is 0 Å². The summed E-state index contributed by atoms with van der Waals surface area (Å²) in [7, 11) is 4.85. The lowest BCUT2D eigenvalue weighted by atomic mass is 9.97. The Hall–Kier alpha value is -3.73. The lowest BCUT2D eigenvalue weighted by Crippen LogP contribution is -1.90. The summed E-state index contributed by atoms with van der Waals surface area (Å²) in [6.45, 7) is 0. The van der Waals surface area contributed by atoms with Gasteiger partial charge in [0, 0.05) is 28.1 Å². The number of rotatable bonds is 6. The fourth-order valence-electron chi connectivity index (χ4n) is 3.37. The SMILES string of the molecule is COc1ccc(-c2oc3ccc(C=O)cc3c2-c2cc(OC)cc(OC)c2)cc1. The van der Waals surface area contributed by atoms with Crippen molar-refractivity contribution in [3.05, 3.63) is 66.2 Å². The number of hydrogen-bond acceptors (Lipinski definition) is 5. The lowest BCUT2D eigenvalue weighted by molar-refractivity contribution is 0.112. The molecule has 0 spiro atoms. The number of ether oxygens (including phenoxy) is 3. The van der Waals surface area contributed by atoms with Crippen LogP contribution < -0.4 is 14.2 Å². The van der Waals surface area contributed by atoms with Crippen LogP contribution in [-0.2, 0) is 0 Å². The Morgan fingerprint density at radius 2 is 1.38 bits per heavy atom. The lowest BCUT2D eigenvalue weighted by Gasteiger charge is -2.10. The van der Waals surface area contributed by atoms with Crippen LogP contribution in [0.2, 0.25) is 0 Å². The molecule has 0 aliphatic rings. The van der Waals surface area contributed by atoms with Gasteiger partial charge in [0.25, 0.3) is 0 Å². The fraction of sp³-hybridized carbons (Fsp3) is 0.125. The maximum absolute atomic E-state index is 11.4. The molecule has 5 nitrogen and oxygen atoms in total. The molecule has 0 saturated carbocycles. The first-order valence-corrected chi connectivity index (χ1v) is 9.06. The van der Waals surface area contributed by atoms with E-state index < -0.39 is 0 Å². The second-order valence-corrected chi connectivity index (χ2v) is 6.51. The third-order valence-electron chi connectivity index (χ3n) is 4.84. The highest BCUT2D eigenvalue weighted by atomic mass is 16.5. The van der Waals surface area contributed by atoms with Crippen LogP contribution in [0.1, 0.15) is 10.4 Å². The number of aldehydes is 1. The third kappa shape index (κ3) is 3.43. The van der Waals surface area contributed by atoms with E-state index in [0.717, 1.165) is 34.1 Å². The Morgan fingerprint density at radius 3 is 1.97 bits per heavy atom. The summed E-state index contributed by atoms with van der Waals surface area (Å²) in [6.07, 6.45) is 0.829. The molecule has 0 bridgehead atoms. The minimum atomic E-state index is 0.579. The van der Waals surface area contributed by atoms with E-state index >= 15 is 0 Å². The first kappa shape index (κ1) is 18.6. The van der Waals surface area contributed by atoms with Crippen LogP contribution in [0.5, 0.6) is 17.2 Å². The number of hydrogen-bond donors (Lipinski definition) is 0. The number of carbonyl (C=O) groups is 1. The molecule has 3 aromatic carbocycles. The minimum absolute atomic E-state index is 0.579. The molecule has 4 rings (SSSR count). The van der Waals surface area contributed by atoms with E-state index in [4.69, 9.17) is 18.6 Å². The molecular weight excluding hydrogens is 368 g/mol. The van der Waals surface area contributed by atoms with Crippen LogP contribution in [0, 0.1) is 0 Å². The zero-order chi connectivity index (χ0) is 20.4. The second kappa shape index (κ2) is 7.72. The average Bonchev–Trinajstić information content (AvgIpc) is 3.17. The van der Waals surface area contributed by atoms with Crippen LogP contribution in [0.3, 0.4) is 0 Å². The molecule has 146 valence electrons. The molecule has 4 aromatic rings. The maximum Gasteiger partial charge on any atom is 0.150 e. The van der Waals surface area contributed by atoms with Gasteiger partial charge in [-0.15, -0.1) is 0 Å². The highest BCUT2D eigenvalue weighted by Gasteiger charge is 2.19. The molecule has 0 atom stereocenters. The van der Waals surface area contributed by atoms with Crippen molar-refractivity contribution in [2.75, 3.05) is 21.3 Å². The van der Waals surface area contributed by atoms with Gasteiger partial charge in [0.05, 0.1) is 21.3 Å². The Balaban J connectivity index is 2.02. The number of benzene rings is 3. The Morgan fingerprint density at radius 1 is 0.724 bits per heavy atom. The summed E-state index contributed by atoms with van der Waals surface area (Å²) in [5.74, 6) is 2.79. The van der Waals surface area contributed by atoms with Gasteiger partial charge in [-0.3, -0.25) is 4.79 Å². The molecule has 0 saturated heterocycles. The van der Waals surface area contributed by atoms with E-state index in [1.54, 1.807) is 27.4 Å². The van der Waals surface area contributed by atoms with Crippen molar-refractivity contribution in [3.63, 3.8) is 0 Å². The van der Waals surface area contributed by atoms with Gasteiger partial charge in [0.15, 0.2) is 0 Å². The Bertz CT molecular complexity index is 1150. The van der Waals surface area contributed by atoms with E-state index in [-0.39, 0.29) is 0 Å². The van der Waals surface area contributed by atoms with Gasteiger partial charge in [-0.25, -0.2) is 0 Å². The molecule has 0 aliphatic heterocycles. The standard InChI is InChI=1S/C24H20O5/c1-26-18-7-5-16(6-8-18)24-23(17-11-19(27-2)13-20(12-17)28-3)21-10-15(14-25)4-9-22(21)29-24/h4-14H,1-3H3. The molecule has 0 fully saturated rings. The topological polar surface area (TPSA) is 57.9 Å². The zero-order valence-electron chi connectivity index (χ0n) is 16.4. The normalized spacial score (nSPS) is 10.7. The Kier molecular flexibility index (Phi) is 4.96. The van der Waals surface area contributed by atoms with Gasteiger partial charge in [-0.05, 0) is 60.2 Å². The largest absolute Gasteiger partial charge is 0.497 e. The third-order valence-corrected chi connectivity index (χ3v) is 4.84. The van der Waals surface area contributed by atoms with Gasteiger partial charge < -0.3 is 18.6 Å². The molecular formula is C24H20O5. The monoisotopic (exact) mass is 388 g/mol. The number of methoxy groups -OCH3 is 3. The van der Waals surface area contributed by atoms with Crippen molar-refractivity contribution in [1.29, 1.82) is 0 Å². The molecule has 1 heterocycles. The molecule has 0 N–H and O–H groups in total. The first-order valence-electron chi connectivity index (χ1n) is 9.06. The summed E-state index contributed by atoms with van der Waals surface area (Å²) in [5, 5.41) is 0.843. The number of fused-ring (bicyclic) bond motifs is 1. The van der Waals surface area contributed by atoms with Crippen molar-refractivity contribution in [2.24, 2.45) is 0 Å². The van der Waals surface area contributed by atoms with Crippen LogP contribution in [0.15, 0.2) is 65.1 Å². The molecule has 0 unspecified atom stereocenters. The van der Waals surface area contributed by atoms with E-state index in [1.807, 2.05) is 54.6 Å². The van der Waals surface area contributed by atoms with E-state index in [2.05, 4.69) is 0 Å². The van der Waals surface area contributed by atoms with E-state index in [1.165, 1.54) is 0 Å². The van der Waals surface area contributed by atoms with Gasteiger partial charge >= 0.3 is 0 Å². The average molecular weight is 388 g/mol. The van der Waals surface area contributed by atoms with Crippen molar-refractivity contribution >= 4 is 17.3 Å². The smallest absolute Gasteiger partial charge is 0.150 e. The predicted octanol–water partition coefficient (Wildman–Crippen LogP) is 5.61. The first-order chi connectivity index (χ1) is 14.2. The molecule has 29 heavy (non-hydrogen) atoms. The highest BCUT2D eigenvalue weighted by molar-refractivity contribution is 6.03. The van der Waals surface area contributed by atoms with Crippen LogP contribution in [-0.4, -0.2) is 27.6 Å². The predicted molar refractivity (Wildman–Crippen MR) is 112 cm³/mol. The maximum atomic E-state index is 11.4. The van der Waals surface area contributed by atoms with Crippen molar-refractivity contribution in [2.45, 2.75) is 0 Å². The van der Waals surface area contributed by atoms with Crippen molar-refractivity contribution < 1.29 is 23.4 Å². The van der Waals surface area contributed by atoms with Crippen LogP contribution in [0.25, 0.3) is 33.4 Å². The number of carbonyl (C=O) groups excluding carboxylic acids is 1. The molecule has 1 aromatic heterocycles. The fourth-order valence-corrected chi connectivity index (χ4v) is 3.37. The van der Waals surface area contributed by atoms with E-state index in [0.29, 0.717) is 28.4 Å². The summed E-state index contributed by atoms with van der Waals surface area (Å²) in [4.78, 5) is 11.4. The van der Waals surface area contributed by atoms with Gasteiger partial charge in [0.2, 0.25) is 0 Å². The van der Waals surface area contributed by atoms with E-state index in [9.17, 15) is 4.79 Å². The summed E-state index contributed by atoms with van der Waals surface area (Å²) in [5.41, 5.74) is 3.90. The number of furan rings is 1.